The molecule has 1 N–H and O–H groups in total. The Labute approximate surface area is 110 Å². The number of halogens is 1. The van der Waals surface area contributed by atoms with Gasteiger partial charge in [0.25, 0.3) is 0 Å². The number of nitrogens with zero attached hydrogens (tertiary/aromatic N) is 1. The number of benzene rings is 1. The smallest absolute Gasteiger partial charge is 0.305 e. The highest BCUT2D eigenvalue weighted by atomic mass is 19.1. The summed E-state index contributed by atoms with van der Waals surface area (Å²) in [5.74, 6) is 0.0744. The Hall–Kier alpha value is -1.69. The van der Waals surface area contributed by atoms with Crippen molar-refractivity contribution in [2.45, 2.75) is 19.3 Å². The Bertz CT molecular complexity index is 448. The molecule has 0 aliphatic carbocycles. The first-order valence-corrected chi connectivity index (χ1v) is 6.44. The first-order chi connectivity index (χ1) is 9.16. The summed E-state index contributed by atoms with van der Waals surface area (Å²) in [7, 11) is 0. The van der Waals surface area contributed by atoms with E-state index in [9.17, 15) is 14.5 Å². The van der Waals surface area contributed by atoms with Gasteiger partial charge in [-0.15, -0.1) is 0 Å². The van der Waals surface area contributed by atoms with E-state index in [0.717, 1.165) is 31.6 Å². The van der Waals surface area contributed by atoms with Gasteiger partial charge in [-0.2, -0.15) is 4.39 Å². The van der Waals surface area contributed by atoms with Crippen LogP contribution < -0.4 is 10.1 Å². The third-order valence-corrected chi connectivity index (χ3v) is 3.31. The average Bonchev–Trinajstić information content (AvgIpc) is 2.39. The molecule has 6 heteroatoms. The second-order valence-electron chi connectivity index (χ2n) is 4.72. The summed E-state index contributed by atoms with van der Waals surface area (Å²) in [4.78, 5) is 9.73. The van der Waals surface area contributed by atoms with Gasteiger partial charge in [-0.25, -0.2) is 0 Å². The Balaban J connectivity index is 1.82. The number of nitro benzene ring substituents is 1. The normalized spacial score (nSPS) is 19.1. The number of hydrogen-bond acceptors (Lipinski definition) is 4. The van der Waals surface area contributed by atoms with Crippen molar-refractivity contribution >= 4 is 5.69 Å². The summed E-state index contributed by atoms with van der Waals surface area (Å²) < 4.78 is 18.8. The van der Waals surface area contributed by atoms with Crippen molar-refractivity contribution in [2.24, 2.45) is 5.92 Å². The van der Waals surface area contributed by atoms with Crippen LogP contribution >= 0.6 is 0 Å². The SMILES string of the molecule is O=[N+]([O-])c1ccc(OCCC2CCCNC2)cc1F. The van der Waals surface area contributed by atoms with Crippen molar-refractivity contribution in [3.63, 3.8) is 0 Å². The zero-order valence-electron chi connectivity index (χ0n) is 10.6. The van der Waals surface area contributed by atoms with Gasteiger partial charge in [0.1, 0.15) is 5.75 Å². The Morgan fingerprint density at radius 2 is 2.37 bits per heavy atom. The van der Waals surface area contributed by atoms with Gasteiger partial charge >= 0.3 is 5.69 Å². The third-order valence-electron chi connectivity index (χ3n) is 3.31. The predicted molar refractivity (Wildman–Crippen MR) is 68.8 cm³/mol. The Kier molecular flexibility index (Phi) is 4.68. The summed E-state index contributed by atoms with van der Waals surface area (Å²) in [6, 6.07) is 3.63. The molecule has 0 spiro atoms. The van der Waals surface area contributed by atoms with Crippen molar-refractivity contribution in [1.29, 1.82) is 0 Å². The molecule has 1 heterocycles. The topological polar surface area (TPSA) is 64.4 Å². The summed E-state index contributed by atoms with van der Waals surface area (Å²) in [6.07, 6.45) is 3.27. The van der Waals surface area contributed by atoms with E-state index in [1.807, 2.05) is 0 Å². The minimum absolute atomic E-state index is 0.340. The highest BCUT2D eigenvalue weighted by Crippen LogP contribution is 2.23. The number of hydrogen-bond donors (Lipinski definition) is 1. The first kappa shape index (κ1) is 13.7. The highest BCUT2D eigenvalue weighted by molar-refractivity contribution is 5.37. The number of nitrogens with one attached hydrogen (secondary N) is 1. The molecule has 1 aliphatic heterocycles. The van der Waals surface area contributed by atoms with E-state index in [0.29, 0.717) is 18.3 Å². The molecular formula is C13H17FN2O3. The largest absolute Gasteiger partial charge is 0.493 e. The maximum absolute atomic E-state index is 13.4. The van der Waals surface area contributed by atoms with Gasteiger partial charge < -0.3 is 10.1 Å². The summed E-state index contributed by atoms with van der Waals surface area (Å²) in [5, 5.41) is 13.8. The van der Waals surface area contributed by atoms with Crippen molar-refractivity contribution in [1.82, 2.24) is 5.32 Å². The van der Waals surface area contributed by atoms with E-state index in [2.05, 4.69) is 5.32 Å². The molecule has 104 valence electrons. The summed E-state index contributed by atoms with van der Waals surface area (Å²) in [5.41, 5.74) is -0.524. The molecule has 0 amide bonds. The Morgan fingerprint density at radius 3 is 3.00 bits per heavy atom. The van der Waals surface area contributed by atoms with Gasteiger partial charge in [-0.05, 0) is 44.3 Å². The monoisotopic (exact) mass is 268 g/mol. The van der Waals surface area contributed by atoms with Crippen LogP contribution in [0.1, 0.15) is 19.3 Å². The fourth-order valence-corrected chi connectivity index (χ4v) is 2.24. The lowest BCUT2D eigenvalue weighted by Crippen LogP contribution is -2.30. The second kappa shape index (κ2) is 6.47. The van der Waals surface area contributed by atoms with Crippen LogP contribution in [0.25, 0.3) is 0 Å². The number of rotatable bonds is 5. The maximum atomic E-state index is 13.4. The number of nitro groups is 1. The second-order valence-corrected chi connectivity index (χ2v) is 4.72. The van der Waals surface area contributed by atoms with Crippen molar-refractivity contribution in [3.05, 3.63) is 34.1 Å². The van der Waals surface area contributed by atoms with E-state index in [1.165, 1.54) is 18.9 Å². The molecule has 0 aromatic heterocycles. The molecule has 1 atom stereocenters. The molecule has 19 heavy (non-hydrogen) atoms. The van der Waals surface area contributed by atoms with Crippen molar-refractivity contribution < 1.29 is 14.1 Å². The average molecular weight is 268 g/mol. The minimum atomic E-state index is -0.859. The molecule has 0 bridgehead atoms. The van der Waals surface area contributed by atoms with Crippen LogP contribution in [0.15, 0.2) is 18.2 Å². The van der Waals surface area contributed by atoms with E-state index >= 15 is 0 Å². The maximum Gasteiger partial charge on any atom is 0.305 e. The highest BCUT2D eigenvalue weighted by Gasteiger charge is 2.15. The van der Waals surface area contributed by atoms with Gasteiger partial charge in [-0.1, -0.05) is 0 Å². The Morgan fingerprint density at radius 1 is 1.53 bits per heavy atom. The van der Waals surface area contributed by atoms with Gasteiger partial charge in [0, 0.05) is 12.1 Å². The van der Waals surface area contributed by atoms with Crippen LogP contribution in [0.4, 0.5) is 10.1 Å². The van der Waals surface area contributed by atoms with Crippen LogP contribution in [0, 0.1) is 21.8 Å². The molecule has 5 nitrogen and oxygen atoms in total. The standard InChI is InChI=1S/C13H17FN2O3/c14-12-8-11(3-4-13(12)16(17)18)19-7-5-10-2-1-6-15-9-10/h3-4,8,10,15H,1-2,5-7,9H2. The van der Waals surface area contributed by atoms with Crippen LogP contribution in [0.2, 0.25) is 0 Å². The van der Waals surface area contributed by atoms with Crippen LogP contribution in [-0.4, -0.2) is 24.6 Å². The van der Waals surface area contributed by atoms with E-state index in [-0.39, 0.29) is 0 Å². The van der Waals surface area contributed by atoms with Gasteiger partial charge in [0.15, 0.2) is 0 Å². The van der Waals surface area contributed by atoms with Gasteiger partial charge in [0.05, 0.1) is 11.5 Å². The third kappa shape index (κ3) is 3.89. The van der Waals surface area contributed by atoms with Crippen LogP contribution in [0.5, 0.6) is 5.75 Å². The van der Waals surface area contributed by atoms with Crippen molar-refractivity contribution in [3.8, 4) is 5.75 Å². The summed E-state index contributed by atoms with van der Waals surface area (Å²) in [6.45, 7) is 2.58. The zero-order valence-corrected chi connectivity index (χ0v) is 10.6. The fourth-order valence-electron chi connectivity index (χ4n) is 2.24. The molecule has 1 aliphatic rings. The lowest BCUT2D eigenvalue weighted by molar-refractivity contribution is -0.387. The summed E-state index contributed by atoms with van der Waals surface area (Å²) >= 11 is 0. The lowest BCUT2D eigenvalue weighted by atomic mass is 9.97. The van der Waals surface area contributed by atoms with E-state index in [1.54, 1.807) is 0 Å². The molecule has 1 fully saturated rings. The quantitative estimate of drug-likeness (QED) is 0.658. The molecular weight excluding hydrogens is 251 g/mol. The molecule has 1 aromatic carbocycles. The molecule has 1 unspecified atom stereocenters. The van der Waals surface area contributed by atoms with E-state index in [4.69, 9.17) is 4.74 Å². The molecule has 1 saturated heterocycles. The van der Waals surface area contributed by atoms with E-state index < -0.39 is 16.4 Å². The number of piperidine rings is 1. The van der Waals surface area contributed by atoms with Crippen LogP contribution in [0.3, 0.4) is 0 Å². The molecule has 0 radical (unpaired) electrons. The molecule has 2 rings (SSSR count). The number of ether oxygens (including phenoxy) is 1. The predicted octanol–water partition coefficient (Wildman–Crippen LogP) is 2.50. The zero-order chi connectivity index (χ0) is 13.7. The van der Waals surface area contributed by atoms with Gasteiger partial charge in [-0.3, -0.25) is 10.1 Å². The molecule has 0 saturated carbocycles. The minimum Gasteiger partial charge on any atom is -0.493 e. The van der Waals surface area contributed by atoms with Gasteiger partial charge in [0.2, 0.25) is 5.82 Å². The van der Waals surface area contributed by atoms with Crippen molar-refractivity contribution in [2.75, 3.05) is 19.7 Å². The lowest BCUT2D eigenvalue weighted by Gasteiger charge is -2.22. The fraction of sp³-hybridized carbons (Fsp3) is 0.538. The first-order valence-electron chi connectivity index (χ1n) is 6.44. The van der Waals surface area contributed by atoms with Crippen LogP contribution in [-0.2, 0) is 0 Å². The molecule has 1 aromatic rings.